The number of benzene rings is 1. The molecule has 9 heteroatoms. The average molecular weight is 409 g/mol. The maximum Gasteiger partial charge on any atom is 0.351 e. The summed E-state index contributed by atoms with van der Waals surface area (Å²) in [7, 11) is -2.07. The van der Waals surface area contributed by atoms with E-state index in [9.17, 15) is 18.0 Å². The van der Waals surface area contributed by atoms with Crippen LogP contribution in [0.3, 0.4) is 0 Å². The van der Waals surface area contributed by atoms with Crippen molar-refractivity contribution in [3.63, 3.8) is 0 Å². The molecule has 0 bridgehead atoms. The smallest absolute Gasteiger partial charge is 0.351 e. The van der Waals surface area contributed by atoms with E-state index in [0.717, 1.165) is 43.7 Å². The lowest BCUT2D eigenvalue weighted by Crippen LogP contribution is -2.18. The number of ether oxygens (including phenoxy) is 2. The van der Waals surface area contributed by atoms with Gasteiger partial charge in [0.25, 0.3) is 0 Å². The number of esters is 2. The number of thiophene rings is 1. The summed E-state index contributed by atoms with van der Waals surface area (Å²) in [6.07, 6.45) is 1.92. The number of rotatable bonds is 7. The van der Waals surface area contributed by atoms with Crippen LogP contribution in [0.4, 0.5) is 5.69 Å². The lowest BCUT2D eigenvalue weighted by Gasteiger charge is -2.09. The number of carbonyl (C=O) groups excluding carboxylic acids is 2. The third kappa shape index (κ3) is 4.55. The van der Waals surface area contributed by atoms with E-state index in [4.69, 9.17) is 0 Å². The Morgan fingerprint density at radius 1 is 1.11 bits per heavy atom. The maximum atomic E-state index is 12.9. The Labute approximate surface area is 161 Å². The summed E-state index contributed by atoms with van der Waals surface area (Å²) in [5.41, 5.74) is 1.72. The second-order valence-corrected chi connectivity index (χ2v) is 8.11. The first-order valence-corrected chi connectivity index (χ1v) is 10.3. The third-order valence-electron chi connectivity index (χ3n) is 3.70. The summed E-state index contributed by atoms with van der Waals surface area (Å²) in [6, 6.07) is 8.55. The Kier molecular flexibility index (Phi) is 6.75. The highest BCUT2D eigenvalue weighted by Gasteiger charge is 2.33. The van der Waals surface area contributed by atoms with Crippen LogP contribution in [0.15, 0.2) is 51.7 Å². The highest BCUT2D eigenvalue weighted by Crippen LogP contribution is 2.28. The van der Waals surface area contributed by atoms with Crippen molar-refractivity contribution < 1.29 is 27.5 Å². The Hall–Kier alpha value is -2.65. The molecule has 1 heterocycles. The number of nitrogens with one attached hydrogen (secondary N) is 1. The minimum atomic E-state index is -4.30. The predicted molar refractivity (Wildman–Crippen MR) is 102 cm³/mol. The molecule has 0 radical (unpaired) electrons. The van der Waals surface area contributed by atoms with Crippen molar-refractivity contribution in [2.24, 2.45) is 0 Å². The van der Waals surface area contributed by atoms with Crippen LogP contribution in [-0.2, 0) is 30.5 Å². The van der Waals surface area contributed by atoms with Crippen LogP contribution >= 0.6 is 11.3 Å². The van der Waals surface area contributed by atoms with E-state index < -0.39 is 26.7 Å². The summed E-state index contributed by atoms with van der Waals surface area (Å²) in [5, 5.41) is 4.22. The van der Waals surface area contributed by atoms with Crippen LogP contribution < -0.4 is 5.32 Å². The molecule has 0 aliphatic carbocycles. The van der Waals surface area contributed by atoms with Crippen LogP contribution in [0.25, 0.3) is 0 Å². The molecule has 0 aliphatic heterocycles. The summed E-state index contributed by atoms with van der Waals surface area (Å²) in [4.78, 5) is 22.9. The van der Waals surface area contributed by atoms with Crippen molar-refractivity contribution in [2.45, 2.75) is 18.2 Å². The van der Waals surface area contributed by atoms with Gasteiger partial charge in [-0.05, 0) is 35.6 Å². The van der Waals surface area contributed by atoms with Crippen molar-refractivity contribution in [3.05, 3.63) is 57.3 Å². The van der Waals surface area contributed by atoms with Gasteiger partial charge in [0, 0.05) is 11.9 Å². The van der Waals surface area contributed by atoms with Gasteiger partial charge in [-0.1, -0.05) is 19.1 Å². The highest BCUT2D eigenvalue weighted by molar-refractivity contribution is 7.96. The number of methoxy groups -OCH3 is 2. The van der Waals surface area contributed by atoms with Gasteiger partial charge in [-0.15, -0.1) is 11.3 Å². The van der Waals surface area contributed by atoms with Gasteiger partial charge in [0.15, 0.2) is 4.91 Å². The van der Waals surface area contributed by atoms with E-state index in [-0.39, 0.29) is 9.77 Å². The molecule has 1 aromatic heterocycles. The van der Waals surface area contributed by atoms with Crippen LogP contribution in [-0.4, -0.2) is 34.6 Å². The first-order valence-electron chi connectivity index (χ1n) is 7.90. The van der Waals surface area contributed by atoms with Crippen molar-refractivity contribution >= 4 is 38.8 Å². The zero-order valence-electron chi connectivity index (χ0n) is 15.0. The van der Waals surface area contributed by atoms with Gasteiger partial charge in [-0.2, -0.15) is 0 Å². The number of hydrogen-bond donors (Lipinski definition) is 1. The number of sulfone groups is 1. The third-order valence-corrected chi connectivity index (χ3v) is 6.50. The average Bonchev–Trinajstić information content (AvgIpc) is 3.18. The van der Waals surface area contributed by atoms with E-state index in [1.54, 1.807) is 12.1 Å². The van der Waals surface area contributed by atoms with Gasteiger partial charge in [0.2, 0.25) is 9.84 Å². The van der Waals surface area contributed by atoms with E-state index in [1.807, 2.05) is 19.1 Å². The number of hydrogen-bond acceptors (Lipinski definition) is 8. The molecular formula is C18H19NO6S2. The van der Waals surface area contributed by atoms with E-state index in [0.29, 0.717) is 5.69 Å². The first kappa shape index (κ1) is 20.7. The van der Waals surface area contributed by atoms with Crippen LogP contribution in [0.1, 0.15) is 22.2 Å². The Bertz CT molecular complexity index is 958. The lowest BCUT2D eigenvalue weighted by molar-refractivity contribution is -0.135. The molecule has 7 nitrogen and oxygen atoms in total. The van der Waals surface area contributed by atoms with Crippen LogP contribution in [0, 0.1) is 0 Å². The zero-order valence-corrected chi connectivity index (χ0v) is 16.6. The molecule has 0 fully saturated rings. The molecule has 1 aromatic carbocycles. The quantitative estimate of drug-likeness (QED) is 0.554. The number of aryl methyl sites for hydroxylation is 1. The second kappa shape index (κ2) is 8.83. The fourth-order valence-corrected chi connectivity index (χ4v) is 4.79. The molecule has 0 amide bonds. The molecule has 0 saturated carbocycles. The van der Waals surface area contributed by atoms with Gasteiger partial charge < -0.3 is 14.8 Å². The van der Waals surface area contributed by atoms with E-state index in [1.165, 1.54) is 11.4 Å². The highest BCUT2D eigenvalue weighted by atomic mass is 32.2. The second-order valence-electron chi connectivity index (χ2n) is 5.30. The van der Waals surface area contributed by atoms with Crippen molar-refractivity contribution in [2.75, 3.05) is 19.5 Å². The number of anilines is 1. The Balaban J connectivity index is 2.44. The van der Waals surface area contributed by atoms with E-state index in [2.05, 4.69) is 14.8 Å². The summed E-state index contributed by atoms with van der Waals surface area (Å²) in [6.45, 7) is 2.02. The first-order chi connectivity index (χ1) is 12.8. The normalized spacial score (nSPS) is 11.7. The Morgan fingerprint density at radius 3 is 2.33 bits per heavy atom. The molecule has 0 saturated heterocycles. The standard InChI is InChI=1S/C18H19NO6S2/c1-4-12-5-7-13(8-6-12)19-11-15(17(20)24-2)27(22,23)14-9-10-26-16(14)18(21)25-3/h5-11,19H,4H2,1-3H3/b15-11+. The van der Waals surface area contributed by atoms with Gasteiger partial charge in [0.05, 0.1) is 19.1 Å². The minimum Gasteiger partial charge on any atom is -0.465 e. The summed E-state index contributed by atoms with van der Waals surface area (Å²) >= 11 is 0.911. The largest absolute Gasteiger partial charge is 0.465 e. The maximum absolute atomic E-state index is 12.9. The molecule has 0 aliphatic rings. The fraction of sp³-hybridized carbons (Fsp3) is 0.222. The van der Waals surface area contributed by atoms with Gasteiger partial charge in [-0.25, -0.2) is 18.0 Å². The van der Waals surface area contributed by atoms with Crippen molar-refractivity contribution in [1.82, 2.24) is 0 Å². The van der Waals surface area contributed by atoms with Gasteiger partial charge >= 0.3 is 11.9 Å². The monoisotopic (exact) mass is 409 g/mol. The zero-order chi connectivity index (χ0) is 20.0. The molecule has 144 valence electrons. The van der Waals surface area contributed by atoms with E-state index >= 15 is 0 Å². The SMILES string of the molecule is CCc1ccc(N/C=C(\C(=O)OC)S(=O)(=O)c2ccsc2C(=O)OC)cc1. The van der Waals surface area contributed by atoms with Crippen LogP contribution in [0.5, 0.6) is 0 Å². The molecule has 0 atom stereocenters. The summed E-state index contributed by atoms with van der Waals surface area (Å²) in [5.74, 6) is -1.84. The molecule has 0 spiro atoms. The molecule has 2 rings (SSSR count). The number of carbonyl (C=O) groups is 2. The minimum absolute atomic E-state index is 0.111. The molecule has 27 heavy (non-hydrogen) atoms. The Morgan fingerprint density at radius 2 is 1.78 bits per heavy atom. The van der Waals surface area contributed by atoms with Crippen molar-refractivity contribution in [1.29, 1.82) is 0 Å². The van der Waals surface area contributed by atoms with Crippen LogP contribution in [0.2, 0.25) is 0 Å². The predicted octanol–water partition coefficient (Wildman–Crippen LogP) is 3.00. The topological polar surface area (TPSA) is 98.8 Å². The summed E-state index contributed by atoms with van der Waals surface area (Å²) < 4.78 is 35.1. The van der Waals surface area contributed by atoms with Gasteiger partial charge in [0.1, 0.15) is 4.88 Å². The fourth-order valence-electron chi connectivity index (χ4n) is 2.20. The van der Waals surface area contributed by atoms with Gasteiger partial charge in [-0.3, -0.25) is 0 Å². The molecule has 1 N–H and O–H groups in total. The molecule has 0 unspecified atom stereocenters. The lowest BCUT2D eigenvalue weighted by atomic mass is 10.1. The van der Waals surface area contributed by atoms with Crippen molar-refractivity contribution in [3.8, 4) is 0 Å². The molecule has 2 aromatic rings. The molecular weight excluding hydrogens is 390 g/mol.